The van der Waals surface area contributed by atoms with E-state index in [9.17, 15) is 22.8 Å². The largest absolute Gasteiger partial charge is 0.431 e. The summed E-state index contributed by atoms with van der Waals surface area (Å²) in [5, 5.41) is 3.37. The van der Waals surface area contributed by atoms with Crippen molar-refractivity contribution in [3.8, 4) is 11.5 Å². The molecule has 0 N–H and O–H groups in total. The zero-order chi connectivity index (χ0) is 22.7. The molecule has 1 saturated heterocycles. The van der Waals surface area contributed by atoms with E-state index in [1.807, 2.05) is 11.9 Å². The van der Waals surface area contributed by atoms with Crippen molar-refractivity contribution in [3.63, 3.8) is 0 Å². The average molecular weight is 434 g/mol. The first-order valence-corrected chi connectivity index (χ1v) is 9.74. The van der Waals surface area contributed by atoms with Gasteiger partial charge in [-0.3, -0.25) is 9.59 Å². The number of fused-ring (bicyclic) bond motifs is 1. The molecule has 3 aromatic rings. The van der Waals surface area contributed by atoms with Gasteiger partial charge in [0.1, 0.15) is 16.9 Å². The van der Waals surface area contributed by atoms with Crippen molar-refractivity contribution in [3.05, 3.63) is 39.8 Å². The second-order valence-corrected chi connectivity index (χ2v) is 7.46. The lowest BCUT2D eigenvalue weighted by Gasteiger charge is -2.26. The van der Waals surface area contributed by atoms with Crippen LogP contribution >= 0.6 is 0 Å². The summed E-state index contributed by atoms with van der Waals surface area (Å²) in [6.07, 6.45) is -4.31. The fraction of sp³-hybridized carbons (Fsp3) is 0.400. The first kappa shape index (κ1) is 21.0. The molecule has 0 atom stereocenters. The van der Waals surface area contributed by atoms with Gasteiger partial charge in [-0.1, -0.05) is 13.0 Å². The van der Waals surface area contributed by atoms with E-state index in [1.165, 1.54) is 9.58 Å². The molecular formula is C20H21F3N6O2. The van der Waals surface area contributed by atoms with E-state index >= 15 is 0 Å². The van der Waals surface area contributed by atoms with Crippen molar-refractivity contribution < 1.29 is 18.0 Å². The molecule has 4 heterocycles. The number of nitrogens with zero attached hydrogens (tertiary/aromatic N) is 6. The van der Waals surface area contributed by atoms with Gasteiger partial charge in [0, 0.05) is 33.6 Å². The molecule has 1 aliphatic heterocycles. The standard InChI is InChI=1S/C20H21F3N6O2/c1-5-28-9-8-15(30)29(28)14-7-6-11(2)16(25-14)18-24-12-10-13(20(21,22)23)26(3)19(31)17(12)27(18)4/h6-7,10H,5,8-9H2,1-4H3. The van der Waals surface area contributed by atoms with Crippen LogP contribution in [0.2, 0.25) is 0 Å². The number of hydrogen-bond donors (Lipinski definition) is 0. The summed E-state index contributed by atoms with van der Waals surface area (Å²) in [5.74, 6) is 0.569. The number of rotatable bonds is 3. The molecule has 1 amide bonds. The Morgan fingerprint density at radius 3 is 2.45 bits per heavy atom. The average Bonchev–Trinajstić information content (AvgIpc) is 3.24. The highest BCUT2D eigenvalue weighted by molar-refractivity contribution is 5.93. The van der Waals surface area contributed by atoms with Gasteiger partial charge in [0.15, 0.2) is 11.6 Å². The Bertz CT molecular complexity index is 1260. The summed E-state index contributed by atoms with van der Waals surface area (Å²) >= 11 is 0. The smallest absolute Gasteiger partial charge is 0.321 e. The predicted octanol–water partition coefficient (Wildman–Crippen LogP) is 2.63. The van der Waals surface area contributed by atoms with Gasteiger partial charge < -0.3 is 9.13 Å². The highest BCUT2D eigenvalue weighted by Crippen LogP contribution is 2.32. The van der Waals surface area contributed by atoms with Gasteiger partial charge in [0.05, 0.1) is 5.52 Å². The predicted molar refractivity (Wildman–Crippen MR) is 108 cm³/mol. The number of aromatic nitrogens is 4. The molecule has 164 valence electrons. The van der Waals surface area contributed by atoms with Crippen molar-refractivity contribution in [2.24, 2.45) is 14.1 Å². The number of halogens is 3. The molecule has 4 rings (SSSR count). The maximum Gasteiger partial charge on any atom is 0.431 e. The normalized spacial score (nSPS) is 15.5. The van der Waals surface area contributed by atoms with Crippen molar-refractivity contribution in [1.82, 2.24) is 24.1 Å². The fourth-order valence-corrected chi connectivity index (χ4v) is 3.88. The van der Waals surface area contributed by atoms with Gasteiger partial charge in [-0.15, -0.1) is 0 Å². The Balaban J connectivity index is 1.92. The summed E-state index contributed by atoms with van der Waals surface area (Å²) < 4.78 is 42.0. The van der Waals surface area contributed by atoms with Crippen LogP contribution in [0.4, 0.5) is 19.0 Å². The number of aryl methyl sites for hydroxylation is 2. The molecule has 1 fully saturated rings. The molecule has 1 aliphatic rings. The lowest BCUT2D eigenvalue weighted by molar-refractivity contribution is -0.143. The van der Waals surface area contributed by atoms with Crippen LogP contribution < -0.4 is 10.6 Å². The zero-order valence-electron chi connectivity index (χ0n) is 17.5. The van der Waals surface area contributed by atoms with Gasteiger partial charge in [-0.2, -0.15) is 13.2 Å². The molecule has 8 nitrogen and oxygen atoms in total. The minimum atomic E-state index is -4.69. The van der Waals surface area contributed by atoms with Crippen LogP contribution in [0.1, 0.15) is 24.6 Å². The van der Waals surface area contributed by atoms with Crippen molar-refractivity contribution in [2.45, 2.75) is 26.4 Å². The van der Waals surface area contributed by atoms with Crippen molar-refractivity contribution in [1.29, 1.82) is 0 Å². The van der Waals surface area contributed by atoms with Crippen LogP contribution in [-0.4, -0.2) is 43.1 Å². The number of carbonyl (C=O) groups excluding carboxylic acids is 1. The Morgan fingerprint density at radius 2 is 1.81 bits per heavy atom. The Morgan fingerprint density at radius 1 is 1.10 bits per heavy atom. The van der Waals surface area contributed by atoms with Gasteiger partial charge in [0.25, 0.3) is 5.56 Å². The van der Waals surface area contributed by atoms with Crippen LogP contribution in [-0.2, 0) is 25.1 Å². The van der Waals surface area contributed by atoms with E-state index in [4.69, 9.17) is 0 Å². The van der Waals surface area contributed by atoms with Crippen LogP contribution in [0.5, 0.6) is 0 Å². The van der Waals surface area contributed by atoms with Crippen LogP contribution in [0.25, 0.3) is 22.6 Å². The third kappa shape index (κ3) is 3.29. The Labute approximate surface area is 175 Å². The monoisotopic (exact) mass is 434 g/mol. The Kier molecular flexibility index (Phi) is 4.88. The highest BCUT2D eigenvalue weighted by Gasteiger charge is 2.35. The summed E-state index contributed by atoms with van der Waals surface area (Å²) in [4.78, 5) is 34.0. The molecule has 0 aliphatic carbocycles. The SMILES string of the molecule is CCN1CCC(=O)N1c1ccc(C)c(-c2nc3cc(C(F)(F)F)n(C)c(=O)c3n2C)n1. The molecule has 31 heavy (non-hydrogen) atoms. The first-order valence-electron chi connectivity index (χ1n) is 9.74. The van der Waals surface area contributed by atoms with Gasteiger partial charge in [-0.25, -0.2) is 20.0 Å². The third-order valence-electron chi connectivity index (χ3n) is 5.53. The fourth-order valence-electron chi connectivity index (χ4n) is 3.88. The number of amides is 1. The summed E-state index contributed by atoms with van der Waals surface area (Å²) in [7, 11) is 2.65. The molecule has 0 aromatic carbocycles. The lowest BCUT2D eigenvalue weighted by atomic mass is 10.2. The number of hydrogen-bond acceptors (Lipinski definition) is 5. The zero-order valence-corrected chi connectivity index (χ0v) is 17.5. The molecule has 0 bridgehead atoms. The topological polar surface area (TPSA) is 76.3 Å². The highest BCUT2D eigenvalue weighted by atomic mass is 19.4. The van der Waals surface area contributed by atoms with Crippen LogP contribution in [0, 0.1) is 6.92 Å². The lowest BCUT2D eigenvalue weighted by Crippen LogP contribution is -2.39. The van der Waals surface area contributed by atoms with E-state index in [2.05, 4.69) is 9.97 Å². The number of imidazole rings is 1. The first-order chi connectivity index (χ1) is 14.5. The number of pyridine rings is 2. The number of anilines is 1. The summed E-state index contributed by atoms with van der Waals surface area (Å²) in [5.41, 5.74) is -0.787. The van der Waals surface area contributed by atoms with Crippen molar-refractivity contribution in [2.75, 3.05) is 18.1 Å². The van der Waals surface area contributed by atoms with Gasteiger partial charge in [0.2, 0.25) is 5.91 Å². The minimum Gasteiger partial charge on any atom is -0.321 e. The Hall–Kier alpha value is -3.21. The van der Waals surface area contributed by atoms with E-state index in [0.717, 1.165) is 13.1 Å². The maximum atomic E-state index is 13.3. The van der Waals surface area contributed by atoms with Gasteiger partial charge >= 0.3 is 6.18 Å². The second-order valence-electron chi connectivity index (χ2n) is 7.46. The number of carbonyl (C=O) groups is 1. The molecule has 0 unspecified atom stereocenters. The second kappa shape index (κ2) is 7.19. The molecule has 0 radical (unpaired) electrons. The van der Waals surface area contributed by atoms with Crippen LogP contribution in [0.3, 0.4) is 0 Å². The molecule has 3 aromatic heterocycles. The molecule has 0 saturated carbocycles. The molecular weight excluding hydrogens is 413 g/mol. The minimum absolute atomic E-state index is 0.0459. The molecule has 0 spiro atoms. The summed E-state index contributed by atoms with van der Waals surface area (Å²) in [6, 6.07) is 4.35. The van der Waals surface area contributed by atoms with Gasteiger partial charge in [-0.05, 0) is 24.6 Å². The number of alkyl halides is 3. The van der Waals surface area contributed by atoms with Crippen molar-refractivity contribution >= 4 is 22.8 Å². The van der Waals surface area contributed by atoms with E-state index in [1.54, 1.807) is 26.1 Å². The summed E-state index contributed by atoms with van der Waals surface area (Å²) in [6.45, 7) is 4.93. The molecule has 11 heteroatoms. The third-order valence-corrected chi connectivity index (χ3v) is 5.53. The maximum absolute atomic E-state index is 13.3. The van der Waals surface area contributed by atoms with Crippen LogP contribution in [0.15, 0.2) is 23.0 Å². The quantitative estimate of drug-likeness (QED) is 0.634. The number of hydrazine groups is 1. The van der Waals surface area contributed by atoms with E-state index in [0.29, 0.717) is 41.2 Å². The van der Waals surface area contributed by atoms with E-state index in [-0.39, 0.29) is 22.8 Å². The van der Waals surface area contributed by atoms with E-state index < -0.39 is 17.4 Å².